The van der Waals surface area contributed by atoms with Crippen molar-refractivity contribution in [3.8, 4) is 11.5 Å². The third-order valence-corrected chi connectivity index (χ3v) is 3.59. The molecule has 0 aliphatic carbocycles. The number of nitrogens with two attached hydrogens (primary N) is 1. The molecule has 2 aromatic rings. The van der Waals surface area contributed by atoms with Gasteiger partial charge in [0.25, 0.3) is 5.91 Å². The van der Waals surface area contributed by atoms with Crippen LogP contribution in [0.2, 0.25) is 0 Å². The summed E-state index contributed by atoms with van der Waals surface area (Å²) in [6, 6.07) is 14.5. The normalized spacial score (nSPS) is 11.8. The van der Waals surface area contributed by atoms with Crippen molar-refractivity contribution >= 4 is 5.91 Å². The predicted molar refractivity (Wildman–Crippen MR) is 96.0 cm³/mol. The van der Waals surface area contributed by atoms with Crippen molar-refractivity contribution in [3.63, 3.8) is 0 Å². The van der Waals surface area contributed by atoms with Gasteiger partial charge in [-0.3, -0.25) is 4.79 Å². The molecule has 0 spiro atoms. The Morgan fingerprint density at radius 2 is 1.80 bits per heavy atom. The lowest BCUT2D eigenvalue weighted by Gasteiger charge is -2.15. The number of ether oxygens (including phenoxy) is 2. The maximum atomic E-state index is 11.3. The summed E-state index contributed by atoms with van der Waals surface area (Å²) in [6.07, 6.45) is -0.627. The van der Waals surface area contributed by atoms with E-state index in [9.17, 15) is 9.90 Å². The Hall–Kier alpha value is -2.57. The molecule has 0 bridgehead atoms. The Balaban J connectivity index is 1.64. The predicted octanol–water partition coefficient (Wildman–Crippen LogP) is 1.50. The van der Waals surface area contributed by atoms with Gasteiger partial charge in [0, 0.05) is 13.1 Å². The van der Waals surface area contributed by atoms with E-state index in [1.54, 1.807) is 24.3 Å². The molecule has 0 saturated heterocycles. The number of amides is 1. The van der Waals surface area contributed by atoms with E-state index in [0.717, 1.165) is 11.3 Å². The van der Waals surface area contributed by atoms with Crippen molar-refractivity contribution in [2.24, 2.45) is 5.73 Å². The molecule has 0 saturated carbocycles. The van der Waals surface area contributed by atoms with Crippen LogP contribution in [0.5, 0.6) is 11.5 Å². The van der Waals surface area contributed by atoms with Gasteiger partial charge in [0.2, 0.25) is 0 Å². The fraction of sp³-hybridized carbons (Fsp3) is 0.316. The number of aliphatic hydroxyl groups excluding tert-OH is 1. The van der Waals surface area contributed by atoms with Crippen molar-refractivity contribution in [2.75, 3.05) is 26.3 Å². The largest absolute Gasteiger partial charge is 0.491 e. The first-order valence-corrected chi connectivity index (χ1v) is 8.16. The van der Waals surface area contributed by atoms with E-state index in [0.29, 0.717) is 31.0 Å². The van der Waals surface area contributed by atoms with Gasteiger partial charge in [-0.05, 0) is 30.7 Å². The highest BCUT2D eigenvalue weighted by Crippen LogP contribution is 2.17. The van der Waals surface area contributed by atoms with Crippen LogP contribution in [0, 0.1) is 6.92 Å². The standard InChI is InChI=1S/C19H24N2O4/c1-14-6-2-4-8-17(14)25-13-15(22)12-21-10-11-24-18-9-5-3-7-16(18)19(20)23/h2-9,15,21-22H,10-13H2,1H3,(H2,20,23)/t15-/m1/s1. The van der Waals surface area contributed by atoms with Crippen LogP contribution in [0.15, 0.2) is 48.5 Å². The van der Waals surface area contributed by atoms with Gasteiger partial charge in [0.15, 0.2) is 0 Å². The number of carbonyl (C=O) groups is 1. The molecule has 134 valence electrons. The number of para-hydroxylation sites is 2. The minimum absolute atomic E-state index is 0.212. The quantitative estimate of drug-likeness (QED) is 0.568. The van der Waals surface area contributed by atoms with Crippen LogP contribution in [0.1, 0.15) is 15.9 Å². The molecule has 4 N–H and O–H groups in total. The van der Waals surface area contributed by atoms with Crippen LogP contribution >= 0.6 is 0 Å². The third kappa shape index (κ3) is 6.10. The van der Waals surface area contributed by atoms with Crippen LogP contribution < -0.4 is 20.5 Å². The van der Waals surface area contributed by atoms with Crippen LogP contribution in [-0.2, 0) is 0 Å². The Labute approximate surface area is 147 Å². The molecule has 25 heavy (non-hydrogen) atoms. The zero-order valence-electron chi connectivity index (χ0n) is 14.3. The van der Waals surface area contributed by atoms with E-state index in [1.165, 1.54) is 0 Å². The number of benzene rings is 2. The highest BCUT2D eigenvalue weighted by atomic mass is 16.5. The molecule has 1 amide bonds. The highest BCUT2D eigenvalue weighted by Gasteiger charge is 2.09. The molecule has 1 atom stereocenters. The summed E-state index contributed by atoms with van der Waals surface area (Å²) in [4.78, 5) is 11.3. The average molecular weight is 344 g/mol. The molecule has 6 nitrogen and oxygen atoms in total. The van der Waals surface area contributed by atoms with E-state index in [1.807, 2.05) is 31.2 Å². The number of primary amides is 1. The van der Waals surface area contributed by atoms with E-state index in [-0.39, 0.29) is 6.61 Å². The van der Waals surface area contributed by atoms with Gasteiger partial charge in [-0.15, -0.1) is 0 Å². The van der Waals surface area contributed by atoms with Crippen molar-refractivity contribution < 1.29 is 19.4 Å². The maximum Gasteiger partial charge on any atom is 0.252 e. The Morgan fingerprint density at radius 3 is 2.52 bits per heavy atom. The third-order valence-electron chi connectivity index (χ3n) is 3.59. The summed E-state index contributed by atoms with van der Waals surface area (Å²) >= 11 is 0. The number of nitrogens with one attached hydrogen (secondary N) is 1. The molecule has 0 unspecified atom stereocenters. The second-order valence-electron chi connectivity index (χ2n) is 5.64. The van der Waals surface area contributed by atoms with Gasteiger partial charge in [-0.1, -0.05) is 30.3 Å². The second-order valence-corrected chi connectivity index (χ2v) is 5.64. The minimum Gasteiger partial charge on any atom is -0.491 e. The highest BCUT2D eigenvalue weighted by molar-refractivity contribution is 5.95. The van der Waals surface area contributed by atoms with Gasteiger partial charge in [-0.2, -0.15) is 0 Å². The van der Waals surface area contributed by atoms with E-state index in [4.69, 9.17) is 15.2 Å². The van der Waals surface area contributed by atoms with Crippen molar-refractivity contribution in [1.82, 2.24) is 5.32 Å². The lowest BCUT2D eigenvalue weighted by Crippen LogP contribution is -2.33. The summed E-state index contributed by atoms with van der Waals surface area (Å²) in [5.74, 6) is 0.709. The first-order chi connectivity index (χ1) is 12.1. The summed E-state index contributed by atoms with van der Waals surface area (Å²) in [6.45, 7) is 3.43. The number of aryl methyl sites for hydroxylation is 1. The number of carbonyl (C=O) groups excluding carboxylic acids is 1. The Bertz CT molecular complexity index is 691. The molecular weight excluding hydrogens is 320 g/mol. The van der Waals surface area contributed by atoms with Gasteiger partial charge >= 0.3 is 0 Å². The van der Waals surface area contributed by atoms with Crippen molar-refractivity contribution in [2.45, 2.75) is 13.0 Å². The Kier molecular flexibility index (Phi) is 7.25. The first kappa shape index (κ1) is 18.8. The summed E-state index contributed by atoms with van der Waals surface area (Å²) in [7, 11) is 0. The lowest BCUT2D eigenvalue weighted by atomic mass is 10.2. The second kappa shape index (κ2) is 9.66. The molecule has 6 heteroatoms. The maximum absolute atomic E-state index is 11.3. The molecule has 0 aliphatic heterocycles. The number of hydrogen-bond donors (Lipinski definition) is 3. The molecule has 0 radical (unpaired) electrons. The molecular formula is C19H24N2O4. The molecule has 0 heterocycles. The van der Waals surface area contributed by atoms with Crippen LogP contribution in [0.4, 0.5) is 0 Å². The number of hydrogen-bond acceptors (Lipinski definition) is 5. The molecule has 2 aromatic carbocycles. The minimum atomic E-state index is -0.627. The van der Waals surface area contributed by atoms with E-state index in [2.05, 4.69) is 5.32 Å². The lowest BCUT2D eigenvalue weighted by molar-refractivity contribution is 0.0995. The zero-order chi connectivity index (χ0) is 18.1. The molecule has 0 fully saturated rings. The zero-order valence-corrected chi connectivity index (χ0v) is 14.3. The number of rotatable bonds is 10. The fourth-order valence-electron chi connectivity index (χ4n) is 2.26. The molecule has 0 aromatic heterocycles. The topological polar surface area (TPSA) is 93.8 Å². The van der Waals surface area contributed by atoms with Gasteiger partial charge in [0.05, 0.1) is 5.56 Å². The SMILES string of the molecule is Cc1ccccc1OC[C@H](O)CNCCOc1ccccc1C(N)=O. The van der Waals surface area contributed by atoms with Gasteiger partial charge < -0.3 is 25.6 Å². The van der Waals surface area contributed by atoms with Crippen LogP contribution in [0.25, 0.3) is 0 Å². The Morgan fingerprint density at radius 1 is 1.12 bits per heavy atom. The van der Waals surface area contributed by atoms with E-state index < -0.39 is 12.0 Å². The summed E-state index contributed by atoms with van der Waals surface area (Å²) < 4.78 is 11.1. The summed E-state index contributed by atoms with van der Waals surface area (Å²) in [5.41, 5.74) is 6.68. The molecule has 2 rings (SSSR count). The smallest absolute Gasteiger partial charge is 0.252 e. The monoisotopic (exact) mass is 344 g/mol. The van der Waals surface area contributed by atoms with Crippen LogP contribution in [-0.4, -0.2) is 43.4 Å². The van der Waals surface area contributed by atoms with Crippen molar-refractivity contribution in [1.29, 1.82) is 0 Å². The van der Waals surface area contributed by atoms with Crippen LogP contribution in [0.3, 0.4) is 0 Å². The average Bonchev–Trinajstić information content (AvgIpc) is 2.61. The number of aliphatic hydroxyl groups is 1. The molecule has 0 aliphatic rings. The summed E-state index contributed by atoms with van der Waals surface area (Å²) in [5, 5.41) is 13.0. The van der Waals surface area contributed by atoms with Crippen molar-refractivity contribution in [3.05, 3.63) is 59.7 Å². The fourth-order valence-corrected chi connectivity index (χ4v) is 2.26. The van der Waals surface area contributed by atoms with Gasteiger partial charge in [0.1, 0.15) is 30.8 Å². The van der Waals surface area contributed by atoms with E-state index >= 15 is 0 Å². The first-order valence-electron chi connectivity index (χ1n) is 8.16. The van der Waals surface area contributed by atoms with Gasteiger partial charge in [-0.25, -0.2) is 0 Å².